The zero-order valence-electron chi connectivity index (χ0n) is 10.0. The molecule has 0 fully saturated rings. The first-order valence-electron chi connectivity index (χ1n) is 5.69. The second kappa shape index (κ2) is 5.52. The topological polar surface area (TPSA) is 25.2 Å². The highest BCUT2D eigenvalue weighted by Gasteiger charge is 2.06. The number of hydrogen-bond acceptors (Lipinski definition) is 2. The maximum absolute atomic E-state index is 5.45. The molecule has 1 atom stereocenters. The van der Waals surface area contributed by atoms with E-state index in [4.69, 9.17) is 4.42 Å². The SMILES string of the molecule is Cc1cccc([C@H](C)NCc2ccc(Br)o2)c1. The summed E-state index contributed by atoms with van der Waals surface area (Å²) in [5, 5.41) is 3.44. The molecular formula is C14H16BrNO. The van der Waals surface area contributed by atoms with Gasteiger partial charge in [0.15, 0.2) is 4.67 Å². The van der Waals surface area contributed by atoms with Crippen molar-refractivity contribution in [3.63, 3.8) is 0 Å². The van der Waals surface area contributed by atoms with Crippen molar-refractivity contribution in [3.05, 3.63) is 58.0 Å². The first kappa shape index (κ1) is 12.4. The Bertz CT molecular complexity index is 492. The monoisotopic (exact) mass is 293 g/mol. The standard InChI is InChI=1S/C14H16BrNO/c1-10-4-3-5-12(8-10)11(2)16-9-13-6-7-14(15)17-13/h3-8,11,16H,9H2,1-2H3/t11-/m0/s1. The van der Waals surface area contributed by atoms with Crippen LogP contribution < -0.4 is 5.32 Å². The fourth-order valence-electron chi connectivity index (χ4n) is 1.76. The van der Waals surface area contributed by atoms with Crippen LogP contribution in [0.5, 0.6) is 0 Å². The zero-order chi connectivity index (χ0) is 12.3. The van der Waals surface area contributed by atoms with Crippen molar-refractivity contribution in [1.82, 2.24) is 5.32 Å². The minimum absolute atomic E-state index is 0.318. The van der Waals surface area contributed by atoms with E-state index in [1.54, 1.807) is 0 Å². The highest BCUT2D eigenvalue weighted by atomic mass is 79.9. The summed E-state index contributed by atoms with van der Waals surface area (Å²) < 4.78 is 6.22. The van der Waals surface area contributed by atoms with Crippen molar-refractivity contribution in [2.24, 2.45) is 0 Å². The lowest BCUT2D eigenvalue weighted by Crippen LogP contribution is -2.17. The molecule has 0 aliphatic heterocycles. The molecule has 0 unspecified atom stereocenters. The molecule has 1 heterocycles. The van der Waals surface area contributed by atoms with E-state index in [0.29, 0.717) is 6.04 Å². The van der Waals surface area contributed by atoms with E-state index in [2.05, 4.69) is 59.4 Å². The van der Waals surface area contributed by atoms with Crippen molar-refractivity contribution in [3.8, 4) is 0 Å². The molecular weight excluding hydrogens is 278 g/mol. The molecule has 2 rings (SSSR count). The zero-order valence-corrected chi connectivity index (χ0v) is 11.6. The van der Waals surface area contributed by atoms with Gasteiger partial charge in [-0.05, 0) is 47.5 Å². The summed E-state index contributed by atoms with van der Waals surface area (Å²) in [6.45, 7) is 5.01. The molecule has 17 heavy (non-hydrogen) atoms. The third-order valence-corrected chi connectivity index (χ3v) is 3.18. The van der Waals surface area contributed by atoms with Crippen molar-refractivity contribution < 1.29 is 4.42 Å². The molecule has 0 aliphatic carbocycles. The van der Waals surface area contributed by atoms with Crippen molar-refractivity contribution in [1.29, 1.82) is 0 Å². The number of hydrogen-bond donors (Lipinski definition) is 1. The predicted molar refractivity (Wildman–Crippen MR) is 72.8 cm³/mol. The third kappa shape index (κ3) is 3.45. The minimum atomic E-state index is 0.318. The fourth-order valence-corrected chi connectivity index (χ4v) is 2.10. The van der Waals surface area contributed by atoms with Gasteiger partial charge in [-0.25, -0.2) is 0 Å². The van der Waals surface area contributed by atoms with E-state index >= 15 is 0 Å². The Balaban J connectivity index is 1.95. The highest BCUT2D eigenvalue weighted by molar-refractivity contribution is 9.10. The molecule has 3 heteroatoms. The van der Waals surface area contributed by atoms with E-state index in [0.717, 1.165) is 17.0 Å². The summed E-state index contributed by atoms with van der Waals surface area (Å²) in [5.41, 5.74) is 2.59. The van der Waals surface area contributed by atoms with Crippen LogP contribution in [0.1, 0.15) is 29.9 Å². The van der Waals surface area contributed by atoms with Gasteiger partial charge < -0.3 is 9.73 Å². The summed E-state index contributed by atoms with van der Waals surface area (Å²) in [6.07, 6.45) is 0. The molecule has 0 amide bonds. The molecule has 1 N–H and O–H groups in total. The molecule has 0 bridgehead atoms. The Morgan fingerprint density at radius 1 is 1.29 bits per heavy atom. The average Bonchev–Trinajstić information content (AvgIpc) is 2.72. The molecule has 1 aromatic carbocycles. The normalized spacial score (nSPS) is 12.6. The van der Waals surface area contributed by atoms with Gasteiger partial charge >= 0.3 is 0 Å². The Labute approximate surface area is 110 Å². The van der Waals surface area contributed by atoms with Crippen molar-refractivity contribution in [2.75, 3.05) is 0 Å². The molecule has 2 nitrogen and oxygen atoms in total. The van der Waals surface area contributed by atoms with Crippen LogP contribution >= 0.6 is 15.9 Å². The van der Waals surface area contributed by atoms with E-state index in [-0.39, 0.29) is 0 Å². The third-order valence-electron chi connectivity index (χ3n) is 2.75. The average molecular weight is 294 g/mol. The van der Waals surface area contributed by atoms with Gasteiger partial charge in [-0.15, -0.1) is 0 Å². The summed E-state index contributed by atoms with van der Waals surface area (Å²) in [7, 11) is 0. The number of nitrogens with one attached hydrogen (secondary N) is 1. The smallest absolute Gasteiger partial charge is 0.169 e. The van der Waals surface area contributed by atoms with Crippen molar-refractivity contribution >= 4 is 15.9 Å². The lowest BCUT2D eigenvalue weighted by Gasteiger charge is -2.13. The van der Waals surface area contributed by atoms with Gasteiger partial charge in [-0.1, -0.05) is 29.8 Å². The highest BCUT2D eigenvalue weighted by Crippen LogP contribution is 2.17. The van der Waals surface area contributed by atoms with Crippen LogP contribution in [-0.2, 0) is 6.54 Å². The first-order chi connectivity index (χ1) is 8.15. The van der Waals surface area contributed by atoms with E-state index in [9.17, 15) is 0 Å². The number of benzene rings is 1. The largest absolute Gasteiger partial charge is 0.453 e. The second-order valence-electron chi connectivity index (χ2n) is 4.22. The second-order valence-corrected chi connectivity index (χ2v) is 5.00. The Kier molecular flexibility index (Phi) is 4.02. The molecule has 2 aromatic rings. The van der Waals surface area contributed by atoms with Crippen molar-refractivity contribution in [2.45, 2.75) is 26.4 Å². The Morgan fingerprint density at radius 2 is 2.12 bits per heavy atom. The first-order valence-corrected chi connectivity index (χ1v) is 6.48. The van der Waals surface area contributed by atoms with Gasteiger partial charge in [0.2, 0.25) is 0 Å². The summed E-state index contributed by atoms with van der Waals surface area (Å²) in [5.74, 6) is 0.941. The minimum Gasteiger partial charge on any atom is -0.453 e. The molecule has 0 saturated carbocycles. The molecule has 0 saturated heterocycles. The molecule has 1 aromatic heterocycles. The molecule has 0 radical (unpaired) electrons. The number of rotatable bonds is 4. The van der Waals surface area contributed by atoms with Crippen LogP contribution in [-0.4, -0.2) is 0 Å². The van der Waals surface area contributed by atoms with Gasteiger partial charge in [0, 0.05) is 6.04 Å². The quantitative estimate of drug-likeness (QED) is 0.914. The predicted octanol–water partition coefficient (Wildman–Crippen LogP) is 4.20. The van der Waals surface area contributed by atoms with Gasteiger partial charge in [-0.2, -0.15) is 0 Å². The summed E-state index contributed by atoms with van der Waals surface area (Å²) in [4.78, 5) is 0. The van der Waals surface area contributed by atoms with Crippen LogP contribution in [0.25, 0.3) is 0 Å². The summed E-state index contributed by atoms with van der Waals surface area (Å²) >= 11 is 3.30. The number of aryl methyl sites for hydroxylation is 1. The number of halogens is 1. The van der Waals surface area contributed by atoms with Gasteiger partial charge in [0.05, 0.1) is 6.54 Å². The molecule has 0 spiro atoms. The maximum atomic E-state index is 5.45. The van der Waals surface area contributed by atoms with E-state index in [1.807, 2.05) is 12.1 Å². The molecule has 0 aliphatic rings. The summed E-state index contributed by atoms with van der Waals surface area (Å²) in [6, 6.07) is 12.7. The van der Waals surface area contributed by atoms with Gasteiger partial charge in [0.25, 0.3) is 0 Å². The lowest BCUT2D eigenvalue weighted by molar-refractivity contribution is 0.447. The van der Waals surface area contributed by atoms with Crippen LogP contribution in [0.15, 0.2) is 45.5 Å². The molecule has 90 valence electrons. The van der Waals surface area contributed by atoms with E-state index in [1.165, 1.54) is 11.1 Å². The Hall–Kier alpha value is -1.06. The maximum Gasteiger partial charge on any atom is 0.169 e. The van der Waals surface area contributed by atoms with Gasteiger partial charge in [0.1, 0.15) is 5.76 Å². The lowest BCUT2D eigenvalue weighted by atomic mass is 10.1. The van der Waals surface area contributed by atoms with Crippen LogP contribution in [0.3, 0.4) is 0 Å². The Morgan fingerprint density at radius 3 is 2.76 bits per heavy atom. The van der Waals surface area contributed by atoms with Crippen LogP contribution in [0.4, 0.5) is 0 Å². The fraction of sp³-hybridized carbons (Fsp3) is 0.286. The van der Waals surface area contributed by atoms with E-state index < -0.39 is 0 Å². The van der Waals surface area contributed by atoms with Gasteiger partial charge in [-0.3, -0.25) is 0 Å². The van der Waals surface area contributed by atoms with Crippen LogP contribution in [0, 0.1) is 6.92 Å². The number of furan rings is 1. The van der Waals surface area contributed by atoms with Crippen LogP contribution in [0.2, 0.25) is 0 Å².